The molecular formula is C8H17NO3. The molecule has 0 aliphatic heterocycles. The highest BCUT2D eigenvalue weighted by atomic mass is 16.5. The number of hydrogen-bond donors (Lipinski definition) is 0. The summed E-state index contributed by atoms with van der Waals surface area (Å²) in [5.74, 6) is -0.118. The van der Waals surface area contributed by atoms with Gasteiger partial charge in [-0.25, -0.2) is 0 Å². The summed E-state index contributed by atoms with van der Waals surface area (Å²) in [4.78, 5) is 21.4. The Labute approximate surface area is 73.5 Å². The standard InChI is InChI=1S/C4H9NO.C4H8O2/c1-4(6)5(2)3;1-3-6-4(2)5/h1-3H3;3H2,1-2H3. The van der Waals surface area contributed by atoms with Crippen molar-refractivity contribution in [1.82, 2.24) is 4.90 Å². The Morgan fingerprint density at radius 3 is 1.58 bits per heavy atom. The molecule has 0 fully saturated rings. The van der Waals surface area contributed by atoms with Crippen LogP contribution in [0.15, 0.2) is 0 Å². The van der Waals surface area contributed by atoms with Gasteiger partial charge in [0.15, 0.2) is 0 Å². The number of amides is 1. The molecule has 0 unspecified atom stereocenters. The monoisotopic (exact) mass is 175 g/mol. The van der Waals surface area contributed by atoms with E-state index < -0.39 is 0 Å². The third-order valence-electron chi connectivity index (χ3n) is 0.977. The van der Waals surface area contributed by atoms with Crippen molar-refractivity contribution in [3.63, 3.8) is 0 Å². The van der Waals surface area contributed by atoms with Crippen LogP contribution in [-0.2, 0) is 14.3 Å². The van der Waals surface area contributed by atoms with Crippen LogP contribution in [0.1, 0.15) is 20.8 Å². The number of hydrogen-bond acceptors (Lipinski definition) is 3. The fourth-order valence-electron chi connectivity index (χ4n) is 0.203. The molecule has 0 aromatic rings. The van der Waals surface area contributed by atoms with Crippen molar-refractivity contribution in [3.8, 4) is 0 Å². The quantitative estimate of drug-likeness (QED) is 0.550. The number of nitrogens with zero attached hydrogens (tertiary/aromatic N) is 1. The smallest absolute Gasteiger partial charge is 0.302 e. The van der Waals surface area contributed by atoms with Gasteiger partial charge in [0.05, 0.1) is 6.61 Å². The highest BCUT2D eigenvalue weighted by molar-refractivity contribution is 5.72. The molecule has 0 aliphatic carbocycles. The summed E-state index contributed by atoms with van der Waals surface area (Å²) in [6.45, 7) is 5.18. The van der Waals surface area contributed by atoms with Crippen LogP contribution in [-0.4, -0.2) is 37.5 Å². The molecule has 0 heterocycles. The summed E-state index contributed by atoms with van der Waals surface area (Å²) in [6.07, 6.45) is 0. The van der Waals surface area contributed by atoms with Gasteiger partial charge in [0, 0.05) is 27.9 Å². The van der Waals surface area contributed by atoms with Crippen molar-refractivity contribution in [3.05, 3.63) is 0 Å². The molecule has 1 amide bonds. The van der Waals surface area contributed by atoms with Crippen LogP contribution < -0.4 is 0 Å². The molecule has 12 heavy (non-hydrogen) atoms. The van der Waals surface area contributed by atoms with Gasteiger partial charge in [-0.15, -0.1) is 0 Å². The van der Waals surface area contributed by atoms with E-state index in [1.165, 1.54) is 18.7 Å². The topological polar surface area (TPSA) is 46.6 Å². The molecule has 0 saturated heterocycles. The third kappa shape index (κ3) is 16.0. The summed E-state index contributed by atoms with van der Waals surface area (Å²) >= 11 is 0. The van der Waals surface area contributed by atoms with Gasteiger partial charge in [0.1, 0.15) is 0 Å². The first-order valence-electron chi connectivity index (χ1n) is 3.73. The highest BCUT2D eigenvalue weighted by Crippen LogP contribution is 1.70. The van der Waals surface area contributed by atoms with E-state index in [2.05, 4.69) is 4.74 Å². The molecule has 0 spiro atoms. The maximum Gasteiger partial charge on any atom is 0.302 e. The van der Waals surface area contributed by atoms with E-state index in [0.29, 0.717) is 6.61 Å². The zero-order valence-electron chi connectivity index (χ0n) is 8.38. The van der Waals surface area contributed by atoms with Crippen molar-refractivity contribution in [2.24, 2.45) is 0 Å². The molecule has 0 atom stereocenters. The molecule has 0 radical (unpaired) electrons. The van der Waals surface area contributed by atoms with E-state index in [9.17, 15) is 9.59 Å². The third-order valence-corrected chi connectivity index (χ3v) is 0.977. The minimum Gasteiger partial charge on any atom is -0.466 e. The van der Waals surface area contributed by atoms with Crippen molar-refractivity contribution in [1.29, 1.82) is 0 Å². The molecule has 0 aliphatic rings. The molecule has 0 saturated carbocycles. The zero-order chi connectivity index (χ0) is 10.1. The molecular weight excluding hydrogens is 158 g/mol. The van der Waals surface area contributed by atoms with Crippen molar-refractivity contribution in [2.75, 3.05) is 20.7 Å². The number of esters is 1. The first-order valence-corrected chi connectivity index (χ1v) is 3.73. The lowest BCUT2D eigenvalue weighted by molar-refractivity contribution is -0.140. The maximum absolute atomic E-state index is 10.1. The molecule has 0 aromatic heterocycles. The second kappa shape index (κ2) is 8.04. The Bertz CT molecular complexity index is 143. The van der Waals surface area contributed by atoms with E-state index >= 15 is 0 Å². The van der Waals surface area contributed by atoms with Gasteiger partial charge in [-0.1, -0.05) is 0 Å². The lowest BCUT2D eigenvalue weighted by Crippen LogP contribution is -2.17. The lowest BCUT2D eigenvalue weighted by Gasteiger charge is -2.02. The predicted molar refractivity (Wildman–Crippen MR) is 46.7 cm³/mol. The van der Waals surface area contributed by atoms with Crippen LogP contribution in [0.5, 0.6) is 0 Å². The minimum atomic E-state index is -0.211. The van der Waals surface area contributed by atoms with E-state index in [0.717, 1.165) is 0 Å². The molecule has 0 N–H and O–H groups in total. The van der Waals surface area contributed by atoms with Crippen LogP contribution in [0, 0.1) is 0 Å². The molecule has 72 valence electrons. The summed E-state index contributed by atoms with van der Waals surface area (Å²) in [6, 6.07) is 0. The van der Waals surface area contributed by atoms with Crippen LogP contribution in [0.3, 0.4) is 0 Å². The van der Waals surface area contributed by atoms with Crippen LogP contribution >= 0.6 is 0 Å². The van der Waals surface area contributed by atoms with Gasteiger partial charge in [-0.3, -0.25) is 9.59 Å². The first kappa shape index (κ1) is 13.5. The molecule has 0 rings (SSSR count). The number of ether oxygens (including phenoxy) is 1. The van der Waals surface area contributed by atoms with Crippen molar-refractivity contribution in [2.45, 2.75) is 20.8 Å². The van der Waals surface area contributed by atoms with E-state index in [-0.39, 0.29) is 11.9 Å². The van der Waals surface area contributed by atoms with Gasteiger partial charge in [0.2, 0.25) is 5.91 Å². The normalized spacial score (nSPS) is 7.75. The van der Waals surface area contributed by atoms with Crippen LogP contribution in [0.2, 0.25) is 0 Å². The van der Waals surface area contributed by atoms with Crippen molar-refractivity contribution < 1.29 is 14.3 Å². The fraction of sp³-hybridized carbons (Fsp3) is 0.750. The summed E-state index contributed by atoms with van der Waals surface area (Å²) in [5.41, 5.74) is 0. The van der Waals surface area contributed by atoms with Gasteiger partial charge in [-0.2, -0.15) is 0 Å². The summed E-state index contributed by atoms with van der Waals surface area (Å²) < 4.78 is 4.40. The van der Waals surface area contributed by atoms with Gasteiger partial charge in [0.25, 0.3) is 0 Å². The summed E-state index contributed by atoms with van der Waals surface area (Å²) in [5, 5.41) is 0. The fourth-order valence-corrected chi connectivity index (χ4v) is 0.203. The largest absolute Gasteiger partial charge is 0.466 e. The Morgan fingerprint density at radius 2 is 1.58 bits per heavy atom. The number of carbonyl (C=O) groups is 2. The molecule has 4 heteroatoms. The maximum atomic E-state index is 10.1. The second-order valence-electron chi connectivity index (χ2n) is 2.34. The van der Waals surface area contributed by atoms with E-state index in [1.807, 2.05) is 0 Å². The molecule has 4 nitrogen and oxygen atoms in total. The van der Waals surface area contributed by atoms with Gasteiger partial charge in [-0.05, 0) is 6.92 Å². The van der Waals surface area contributed by atoms with E-state index in [4.69, 9.17) is 0 Å². The van der Waals surface area contributed by atoms with Gasteiger partial charge < -0.3 is 9.64 Å². The highest BCUT2D eigenvalue weighted by Gasteiger charge is 1.87. The van der Waals surface area contributed by atoms with Gasteiger partial charge >= 0.3 is 5.97 Å². The van der Waals surface area contributed by atoms with Crippen LogP contribution in [0.4, 0.5) is 0 Å². The number of rotatable bonds is 1. The average Bonchev–Trinajstić information content (AvgIpc) is 1.87. The Kier molecular flexibility index (Phi) is 9.06. The van der Waals surface area contributed by atoms with E-state index in [1.54, 1.807) is 21.0 Å². The summed E-state index contributed by atoms with van der Waals surface area (Å²) in [7, 11) is 3.45. The second-order valence-corrected chi connectivity index (χ2v) is 2.34. The predicted octanol–water partition coefficient (Wildman–Crippen LogP) is 0.664. The van der Waals surface area contributed by atoms with Crippen molar-refractivity contribution >= 4 is 11.9 Å². The Balaban J connectivity index is 0. The Morgan fingerprint density at radius 1 is 1.25 bits per heavy atom. The lowest BCUT2D eigenvalue weighted by atomic mass is 10.7. The SMILES string of the molecule is CC(=O)N(C)C.CCOC(C)=O. The zero-order valence-corrected chi connectivity index (χ0v) is 8.38. The molecule has 0 aromatic carbocycles. The van der Waals surface area contributed by atoms with Crippen LogP contribution in [0.25, 0.3) is 0 Å². The average molecular weight is 175 g/mol. The molecule has 0 bridgehead atoms. The Hall–Kier alpha value is -1.06. The number of carbonyl (C=O) groups excluding carboxylic acids is 2. The first-order chi connectivity index (χ1) is 5.41. The minimum absolute atomic E-state index is 0.0926.